The van der Waals surface area contributed by atoms with Crippen molar-refractivity contribution in [1.82, 2.24) is 5.32 Å². The summed E-state index contributed by atoms with van der Waals surface area (Å²) in [5.41, 5.74) is 5.32. The Labute approximate surface area is 67.9 Å². The molecule has 0 saturated heterocycles. The number of hydrogen-bond acceptors (Lipinski definition) is 3. The first-order valence-corrected chi connectivity index (χ1v) is 5.05. The molecule has 10 heavy (non-hydrogen) atoms. The highest BCUT2D eigenvalue weighted by molar-refractivity contribution is 7.99. The molecule has 0 amide bonds. The highest BCUT2D eigenvalue weighted by Crippen LogP contribution is 1.94. The molecule has 0 bridgehead atoms. The minimum Gasteiger partial charge on any atom is -0.330 e. The maximum Gasteiger partial charge on any atom is 0.00579 e. The molecular formula is C7H18N2S. The molecule has 0 rings (SSSR count). The van der Waals surface area contributed by atoms with Crippen LogP contribution in [0, 0.1) is 0 Å². The Kier molecular flexibility index (Phi) is 9.52. The third-order valence-electron chi connectivity index (χ3n) is 1.18. The Morgan fingerprint density at radius 2 is 2.20 bits per heavy atom. The SMILES string of the molecule is CCSCCNCCCN. The van der Waals surface area contributed by atoms with Gasteiger partial charge in [0.15, 0.2) is 0 Å². The van der Waals surface area contributed by atoms with Crippen LogP contribution in [0.1, 0.15) is 13.3 Å². The van der Waals surface area contributed by atoms with Crippen molar-refractivity contribution in [2.75, 3.05) is 31.1 Å². The van der Waals surface area contributed by atoms with Crippen LogP contribution in [-0.4, -0.2) is 31.1 Å². The summed E-state index contributed by atoms with van der Waals surface area (Å²) in [6.45, 7) is 5.18. The van der Waals surface area contributed by atoms with Crippen molar-refractivity contribution in [3.63, 3.8) is 0 Å². The minimum atomic E-state index is 0.800. The third-order valence-corrected chi connectivity index (χ3v) is 2.09. The predicted molar refractivity (Wildman–Crippen MR) is 49.5 cm³/mol. The van der Waals surface area contributed by atoms with E-state index in [0.717, 1.165) is 26.1 Å². The van der Waals surface area contributed by atoms with Crippen LogP contribution in [0.25, 0.3) is 0 Å². The molecule has 3 heteroatoms. The summed E-state index contributed by atoms with van der Waals surface area (Å²) >= 11 is 1.97. The van der Waals surface area contributed by atoms with E-state index in [0.29, 0.717) is 0 Å². The maximum absolute atomic E-state index is 5.32. The Morgan fingerprint density at radius 3 is 2.80 bits per heavy atom. The molecule has 0 aromatic carbocycles. The Morgan fingerprint density at radius 1 is 1.40 bits per heavy atom. The zero-order valence-electron chi connectivity index (χ0n) is 6.73. The number of nitrogens with two attached hydrogens (primary N) is 1. The van der Waals surface area contributed by atoms with Gasteiger partial charge in [0.05, 0.1) is 0 Å². The molecule has 0 saturated carbocycles. The van der Waals surface area contributed by atoms with Crippen molar-refractivity contribution in [3.05, 3.63) is 0 Å². The van der Waals surface area contributed by atoms with Crippen LogP contribution in [-0.2, 0) is 0 Å². The van der Waals surface area contributed by atoms with Gasteiger partial charge in [-0.1, -0.05) is 6.92 Å². The zero-order chi connectivity index (χ0) is 7.66. The van der Waals surface area contributed by atoms with Gasteiger partial charge in [0.25, 0.3) is 0 Å². The largest absolute Gasteiger partial charge is 0.330 e. The summed E-state index contributed by atoms with van der Waals surface area (Å²) in [6, 6.07) is 0. The summed E-state index contributed by atoms with van der Waals surface area (Å²) in [7, 11) is 0. The Balaban J connectivity index is 2.65. The molecule has 0 unspecified atom stereocenters. The van der Waals surface area contributed by atoms with Crippen LogP contribution in [0.5, 0.6) is 0 Å². The molecule has 0 radical (unpaired) electrons. The van der Waals surface area contributed by atoms with Crippen LogP contribution < -0.4 is 11.1 Å². The molecule has 0 aliphatic rings. The van der Waals surface area contributed by atoms with Crippen LogP contribution in [0.15, 0.2) is 0 Å². The molecule has 0 aliphatic heterocycles. The summed E-state index contributed by atoms with van der Waals surface area (Å²) in [5, 5.41) is 3.32. The molecule has 0 atom stereocenters. The van der Waals surface area contributed by atoms with E-state index in [9.17, 15) is 0 Å². The average Bonchev–Trinajstić information content (AvgIpc) is 1.97. The lowest BCUT2D eigenvalue weighted by Gasteiger charge is -2.01. The van der Waals surface area contributed by atoms with E-state index >= 15 is 0 Å². The minimum absolute atomic E-state index is 0.800. The van der Waals surface area contributed by atoms with Gasteiger partial charge in [-0.25, -0.2) is 0 Å². The van der Waals surface area contributed by atoms with E-state index < -0.39 is 0 Å². The zero-order valence-corrected chi connectivity index (χ0v) is 7.54. The van der Waals surface area contributed by atoms with Gasteiger partial charge in [-0.3, -0.25) is 0 Å². The predicted octanol–water partition coefficient (Wildman–Crippen LogP) is 0.678. The fraction of sp³-hybridized carbons (Fsp3) is 1.00. The number of nitrogens with one attached hydrogen (secondary N) is 1. The Hall–Kier alpha value is 0.270. The normalized spacial score (nSPS) is 10.2. The maximum atomic E-state index is 5.32. The highest BCUT2D eigenvalue weighted by Gasteiger charge is 1.85. The molecule has 0 aromatic heterocycles. The van der Waals surface area contributed by atoms with Crippen LogP contribution in [0.4, 0.5) is 0 Å². The molecule has 2 nitrogen and oxygen atoms in total. The summed E-state index contributed by atoms with van der Waals surface area (Å²) < 4.78 is 0. The summed E-state index contributed by atoms with van der Waals surface area (Å²) in [6.07, 6.45) is 1.09. The lowest BCUT2D eigenvalue weighted by Crippen LogP contribution is -2.20. The van der Waals surface area contributed by atoms with E-state index in [1.165, 1.54) is 11.5 Å². The molecule has 0 fully saturated rings. The molecule has 0 aromatic rings. The van der Waals surface area contributed by atoms with E-state index in [2.05, 4.69) is 12.2 Å². The average molecular weight is 162 g/mol. The van der Waals surface area contributed by atoms with Gasteiger partial charge >= 0.3 is 0 Å². The van der Waals surface area contributed by atoms with Gasteiger partial charge in [0, 0.05) is 12.3 Å². The molecule has 62 valence electrons. The van der Waals surface area contributed by atoms with Crippen LogP contribution >= 0.6 is 11.8 Å². The first kappa shape index (κ1) is 10.3. The molecule has 0 spiro atoms. The number of rotatable bonds is 7. The lowest BCUT2D eigenvalue weighted by atomic mass is 10.4. The van der Waals surface area contributed by atoms with Crippen molar-refractivity contribution < 1.29 is 0 Å². The standard InChI is InChI=1S/C7H18N2S/c1-2-10-7-6-9-5-3-4-8/h9H,2-8H2,1H3. The lowest BCUT2D eigenvalue weighted by molar-refractivity contribution is 0.683. The second-order valence-corrected chi connectivity index (χ2v) is 3.48. The van der Waals surface area contributed by atoms with Gasteiger partial charge in [-0.05, 0) is 25.3 Å². The second-order valence-electron chi connectivity index (χ2n) is 2.09. The van der Waals surface area contributed by atoms with Crippen molar-refractivity contribution in [1.29, 1.82) is 0 Å². The molecular weight excluding hydrogens is 144 g/mol. The molecule has 0 aliphatic carbocycles. The van der Waals surface area contributed by atoms with E-state index in [4.69, 9.17) is 5.73 Å². The smallest absolute Gasteiger partial charge is 0.00579 e. The van der Waals surface area contributed by atoms with Gasteiger partial charge in [-0.15, -0.1) is 0 Å². The van der Waals surface area contributed by atoms with Gasteiger partial charge in [0.1, 0.15) is 0 Å². The highest BCUT2D eigenvalue weighted by atomic mass is 32.2. The third kappa shape index (κ3) is 8.27. The number of thioether (sulfide) groups is 1. The van der Waals surface area contributed by atoms with Gasteiger partial charge in [-0.2, -0.15) is 11.8 Å². The van der Waals surface area contributed by atoms with E-state index in [1.54, 1.807) is 0 Å². The van der Waals surface area contributed by atoms with Crippen molar-refractivity contribution in [2.24, 2.45) is 5.73 Å². The summed E-state index contributed by atoms with van der Waals surface area (Å²) in [5.74, 6) is 2.44. The second kappa shape index (κ2) is 9.27. The number of hydrogen-bond donors (Lipinski definition) is 2. The van der Waals surface area contributed by atoms with Gasteiger partial charge < -0.3 is 11.1 Å². The molecule has 3 N–H and O–H groups in total. The van der Waals surface area contributed by atoms with Crippen LogP contribution in [0.2, 0.25) is 0 Å². The van der Waals surface area contributed by atoms with E-state index in [-0.39, 0.29) is 0 Å². The topological polar surface area (TPSA) is 38.0 Å². The first-order chi connectivity index (χ1) is 4.91. The molecule has 0 heterocycles. The fourth-order valence-corrected chi connectivity index (χ4v) is 1.22. The van der Waals surface area contributed by atoms with E-state index in [1.807, 2.05) is 11.8 Å². The Bertz CT molecular complexity index is 51.6. The van der Waals surface area contributed by atoms with Crippen molar-refractivity contribution in [3.8, 4) is 0 Å². The summed E-state index contributed by atoms with van der Waals surface area (Å²) in [4.78, 5) is 0. The fourth-order valence-electron chi connectivity index (χ4n) is 0.641. The van der Waals surface area contributed by atoms with Gasteiger partial charge in [0.2, 0.25) is 0 Å². The van der Waals surface area contributed by atoms with Crippen molar-refractivity contribution in [2.45, 2.75) is 13.3 Å². The quantitative estimate of drug-likeness (QED) is 0.541. The monoisotopic (exact) mass is 162 g/mol. The van der Waals surface area contributed by atoms with Crippen molar-refractivity contribution >= 4 is 11.8 Å². The van der Waals surface area contributed by atoms with Crippen LogP contribution in [0.3, 0.4) is 0 Å². The first-order valence-electron chi connectivity index (χ1n) is 3.90.